The van der Waals surface area contributed by atoms with Crippen LogP contribution >= 0.6 is 11.6 Å². The molecule has 1 aliphatic rings. The molecule has 1 N–H and O–H groups in total. The van der Waals surface area contributed by atoms with Crippen molar-refractivity contribution in [3.63, 3.8) is 0 Å². The van der Waals surface area contributed by atoms with Gasteiger partial charge in [-0.1, -0.05) is 23.7 Å². The fourth-order valence-electron chi connectivity index (χ4n) is 3.05. The Bertz CT molecular complexity index is 691. The van der Waals surface area contributed by atoms with Crippen LogP contribution in [0.1, 0.15) is 36.6 Å². The Balaban J connectivity index is 1.77. The molecule has 23 heavy (non-hydrogen) atoms. The van der Waals surface area contributed by atoms with Crippen LogP contribution in [0.25, 0.3) is 0 Å². The number of benzene rings is 1. The highest BCUT2D eigenvalue weighted by Gasteiger charge is 2.28. The first kappa shape index (κ1) is 15.8. The summed E-state index contributed by atoms with van der Waals surface area (Å²) in [6.45, 7) is 0.756. The van der Waals surface area contributed by atoms with Gasteiger partial charge in [-0.05, 0) is 49.1 Å². The highest BCUT2D eigenvalue weighted by molar-refractivity contribution is 6.32. The second-order valence-electron chi connectivity index (χ2n) is 5.82. The summed E-state index contributed by atoms with van der Waals surface area (Å²) in [5, 5.41) is 9.76. The predicted molar refractivity (Wildman–Crippen MR) is 89.4 cm³/mol. The zero-order valence-corrected chi connectivity index (χ0v) is 13.5. The van der Waals surface area contributed by atoms with Gasteiger partial charge in [-0.25, -0.2) is 0 Å². The summed E-state index contributed by atoms with van der Waals surface area (Å²) in [5.74, 6) is 0.106. The smallest absolute Gasteiger partial charge is 0.227 e. The third-order valence-electron chi connectivity index (χ3n) is 4.22. The number of amides is 1. The van der Waals surface area contributed by atoms with Crippen molar-refractivity contribution in [2.45, 2.75) is 31.7 Å². The summed E-state index contributed by atoms with van der Waals surface area (Å²) >= 11 is 5.92. The molecule has 120 valence electrons. The van der Waals surface area contributed by atoms with Crippen LogP contribution in [0.15, 0.2) is 42.6 Å². The van der Waals surface area contributed by atoms with Crippen molar-refractivity contribution >= 4 is 17.5 Å². The summed E-state index contributed by atoms with van der Waals surface area (Å²) < 4.78 is 0. The number of pyridine rings is 1. The first-order chi connectivity index (χ1) is 11.1. The normalized spacial score (nSPS) is 18.0. The van der Waals surface area contributed by atoms with Crippen molar-refractivity contribution in [1.82, 2.24) is 9.88 Å². The molecular weight excluding hydrogens is 312 g/mol. The van der Waals surface area contributed by atoms with Crippen LogP contribution < -0.4 is 0 Å². The summed E-state index contributed by atoms with van der Waals surface area (Å²) in [6, 6.07) is 10.8. The van der Waals surface area contributed by atoms with Crippen LogP contribution in [0.5, 0.6) is 5.75 Å². The molecule has 0 spiro atoms. The number of aromatic nitrogens is 1. The van der Waals surface area contributed by atoms with Gasteiger partial charge in [0.1, 0.15) is 5.75 Å². The molecule has 2 aromatic rings. The summed E-state index contributed by atoms with van der Waals surface area (Å²) in [7, 11) is 0. The van der Waals surface area contributed by atoms with E-state index in [0.717, 1.165) is 37.1 Å². The second-order valence-corrected chi connectivity index (χ2v) is 6.22. The van der Waals surface area contributed by atoms with Crippen molar-refractivity contribution in [2.24, 2.45) is 0 Å². The number of hydrogen-bond acceptors (Lipinski definition) is 3. The van der Waals surface area contributed by atoms with E-state index in [2.05, 4.69) is 4.98 Å². The topological polar surface area (TPSA) is 53.4 Å². The Morgan fingerprint density at radius 2 is 2.17 bits per heavy atom. The number of carbonyl (C=O) groups excluding carboxylic acids is 1. The van der Waals surface area contributed by atoms with Gasteiger partial charge in [0.2, 0.25) is 5.91 Å². The van der Waals surface area contributed by atoms with Gasteiger partial charge in [-0.15, -0.1) is 0 Å². The minimum absolute atomic E-state index is 0.0344. The van der Waals surface area contributed by atoms with Crippen molar-refractivity contribution in [2.75, 3.05) is 6.54 Å². The minimum Gasteiger partial charge on any atom is -0.506 e. The minimum atomic E-state index is 0.0344. The number of hydrogen-bond donors (Lipinski definition) is 1. The fraction of sp³-hybridized carbons (Fsp3) is 0.333. The Morgan fingerprint density at radius 1 is 1.30 bits per heavy atom. The average Bonchev–Trinajstić information content (AvgIpc) is 2.59. The first-order valence-electron chi connectivity index (χ1n) is 7.83. The quantitative estimate of drug-likeness (QED) is 0.932. The largest absolute Gasteiger partial charge is 0.506 e. The van der Waals surface area contributed by atoms with Crippen LogP contribution in [0, 0.1) is 0 Å². The number of rotatable bonds is 3. The van der Waals surface area contributed by atoms with Crippen molar-refractivity contribution in [3.8, 4) is 5.75 Å². The Kier molecular flexibility index (Phi) is 4.82. The van der Waals surface area contributed by atoms with Crippen LogP contribution in [0.2, 0.25) is 5.02 Å². The standard InChI is InChI=1S/C18H19ClN2O2/c19-14-11-13(7-8-17(14)22)12-18(23)21-10-4-2-6-16(21)15-5-1-3-9-20-15/h1,3,5,7-9,11,16,22H,2,4,6,10,12H2/t16-/m0/s1. The Hall–Kier alpha value is -2.07. The lowest BCUT2D eigenvalue weighted by atomic mass is 9.97. The molecule has 0 radical (unpaired) electrons. The summed E-state index contributed by atoms with van der Waals surface area (Å²) in [5.41, 5.74) is 1.76. The third kappa shape index (κ3) is 3.64. The number of likely N-dealkylation sites (tertiary alicyclic amines) is 1. The number of nitrogens with zero attached hydrogens (tertiary/aromatic N) is 2. The van der Waals surface area contributed by atoms with E-state index in [4.69, 9.17) is 11.6 Å². The molecule has 5 heteroatoms. The van der Waals surface area contributed by atoms with Gasteiger partial charge in [0.25, 0.3) is 0 Å². The lowest BCUT2D eigenvalue weighted by molar-refractivity contribution is -0.134. The van der Waals surface area contributed by atoms with E-state index in [0.29, 0.717) is 0 Å². The number of halogens is 1. The molecule has 0 bridgehead atoms. The highest BCUT2D eigenvalue weighted by Crippen LogP contribution is 2.30. The van der Waals surface area contributed by atoms with Crippen molar-refractivity contribution in [3.05, 3.63) is 58.9 Å². The number of piperidine rings is 1. The predicted octanol–water partition coefficient (Wildman–Crippen LogP) is 3.74. The van der Waals surface area contributed by atoms with E-state index >= 15 is 0 Å². The average molecular weight is 331 g/mol. The molecule has 1 atom stereocenters. The van der Waals surface area contributed by atoms with Gasteiger partial charge in [-0.2, -0.15) is 0 Å². The maximum Gasteiger partial charge on any atom is 0.227 e. The molecule has 3 rings (SSSR count). The van der Waals surface area contributed by atoms with Gasteiger partial charge in [0.05, 0.1) is 23.2 Å². The lowest BCUT2D eigenvalue weighted by Gasteiger charge is -2.35. The third-order valence-corrected chi connectivity index (χ3v) is 4.52. The molecular formula is C18H19ClN2O2. The number of aromatic hydroxyl groups is 1. The molecule has 0 aliphatic carbocycles. The molecule has 0 saturated carbocycles. The maximum absolute atomic E-state index is 12.7. The zero-order chi connectivity index (χ0) is 16.2. The Labute approximate surface area is 140 Å². The van der Waals surface area contributed by atoms with Gasteiger partial charge in [-0.3, -0.25) is 9.78 Å². The van der Waals surface area contributed by atoms with E-state index in [9.17, 15) is 9.90 Å². The van der Waals surface area contributed by atoms with E-state index < -0.39 is 0 Å². The van der Waals surface area contributed by atoms with Crippen LogP contribution in [-0.4, -0.2) is 27.4 Å². The SMILES string of the molecule is O=C(Cc1ccc(O)c(Cl)c1)N1CCCC[C@H]1c1ccccn1. The van der Waals surface area contributed by atoms with E-state index in [1.54, 1.807) is 18.3 Å². The highest BCUT2D eigenvalue weighted by atomic mass is 35.5. The van der Waals surface area contributed by atoms with E-state index in [1.165, 1.54) is 6.07 Å². The maximum atomic E-state index is 12.7. The van der Waals surface area contributed by atoms with E-state index in [-0.39, 0.29) is 29.1 Å². The van der Waals surface area contributed by atoms with Crippen molar-refractivity contribution < 1.29 is 9.90 Å². The van der Waals surface area contributed by atoms with Gasteiger partial charge < -0.3 is 10.0 Å². The molecule has 1 amide bonds. The van der Waals surface area contributed by atoms with Crippen molar-refractivity contribution in [1.29, 1.82) is 0 Å². The summed E-state index contributed by atoms with van der Waals surface area (Å²) in [4.78, 5) is 19.1. The van der Waals surface area contributed by atoms with E-state index in [1.807, 2.05) is 23.1 Å². The summed E-state index contributed by atoms with van der Waals surface area (Å²) in [6.07, 6.45) is 5.12. The van der Waals surface area contributed by atoms with Crippen LogP contribution in [0.3, 0.4) is 0 Å². The zero-order valence-electron chi connectivity index (χ0n) is 12.8. The van der Waals surface area contributed by atoms with Gasteiger partial charge >= 0.3 is 0 Å². The molecule has 1 fully saturated rings. The number of phenolic OH excluding ortho intramolecular Hbond substituents is 1. The van der Waals surface area contributed by atoms with Crippen LogP contribution in [-0.2, 0) is 11.2 Å². The molecule has 0 unspecified atom stereocenters. The number of phenols is 1. The Morgan fingerprint density at radius 3 is 2.91 bits per heavy atom. The molecule has 2 heterocycles. The molecule has 4 nitrogen and oxygen atoms in total. The second kappa shape index (κ2) is 7.01. The molecule has 1 saturated heterocycles. The van der Waals surface area contributed by atoms with Gasteiger partial charge in [0.15, 0.2) is 0 Å². The molecule has 1 aromatic carbocycles. The van der Waals surface area contributed by atoms with Crippen LogP contribution in [0.4, 0.5) is 0 Å². The lowest BCUT2D eigenvalue weighted by Crippen LogP contribution is -2.39. The number of carbonyl (C=O) groups is 1. The molecule has 1 aromatic heterocycles. The van der Waals surface area contributed by atoms with Gasteiger partial charge in [0, 0.05) is 12.7 Å². The monoisotopic (exact) mass is 330 g/mol. The first-order valence-corrected chi connectivity index (χ1v) is 8.21. The molecule has 1 aliphatic heterocycles. The fourth-order valence-corrected chi connectivity index (χ4v) is 3.25.